The third-order valence-electron chi connectivity index (χ3n) is 4.96. The highest BCUT2D eigenvalue weighted by molar-refractivity contribution is 7.89. The number of rotatable bonds is 6. The molecule has 2 heterocycles. The van der Waals surface area contributed by atoms with Crippen LogP contribution in [-0.2, 0) is 19.6 Å². The molecule has 0 unspecified atom stereocenters. The van der Waals surface area contributed by atoms with Gasteiger partial charge in [-0.3, -0.25) is 9.48 Å². The van der Waals surface area contributed by atoms with E-state index in [0.29, 0.717) is 18.6 Å². The molecule has 9 heteroatoms. The maximum atomic E-state index is 12.9. The Morgan fingerprint density at radius 2 is 2.07 bits per heavy atom. The summed E-state index contributed by atoms with van der Waals surface area (Å²) in [5, 5.41) is 12.5. The first-order valence-electron chi connectivity index (χ1n) is 9.26. The standard InChI is InChI=1S/C19H26N4O4S/c1-12(2)23-17(7-9-21-23)18-16(8-10-27-18)19(24)22-13(3)14-5-4-6-15(11-14)28(20,25)26/h4-7,9,11-13,16,18H,8,10H2,1-3H3,(H,22,24)(H2,20,25,26)/t13-,16+,18+/m1/s1. The van der Waals surface area contributed by atoms with Crippen molar-refractivity contribution in [2.24, 2.45) is 11.1 Å². The van der Waals surface area contributed by atoms with Gasteiger partial charge in [-0.2, -0.15) is 5.10 Å². The van der Waals surface area contributed by atoms with E-state index in [-0.39, 0.29) is 34.9 Å². The largest absolute Gasteiger partial charge is 0.371 e. The van der Waals surface area contributed by atoms with Gasteiger partial charge in [-0.25, -0.2) is 13.6 Å². The van der Waals surface area contributed by atoms with Crippen LogP contribution in [0.3, 0.4) is 0 Å². The van der Waals surface area contributed by atoms with Crippen molar-refractivity contribution in [3.63, 3.8) is 0 Å². The van der Waals surface area contributed by atoms with E-state index in [1.165, 1.54) is 12.1 Å². The van der Waals surface area contributed by atoms with Crippen molar-refractivity contribution in [1.82, 2.24) is 15.1 Å². The summed E-state index contributed by atoms with van der Waals surface area (Å²) < 4.78 is 30.9. The summed E-state index contributed by atoms with van der Waals surface area (Å²) in [7, 11) is -3.80. The lowest BCUT2D eigenvalue weighted by molar-refractivity contribution is -0.127. The second-order valence-electron chi connectivity index (χ2n) is 7.33. The van der Waals surface area contributed by atoms with Crippen molar-refractivity contribution in [1.29, 1.82) is 0 Å². The van der Waals surface area contributed by atoms with Crippen LogP contribution >= 0.6 is 0 Å². The van der Waals surface area contributed by atoms with Gasteiger partial charge in [-0.05, 0) is 51.0 Å². The molecule has 28 heavy (non-hydrogen) atoms. The van der Waals surface area contributed by atoms with Crippen molar-refractivity contribution in [3.8, 4) is 0 Å². The minimum atomic E-state index is -3.80. The van der Waals surface area contributed by atoms with Gasteiger partial charge >= 0.3 is 0 Å². The summed E-state index contributed by atoms with van der Waals surface area (Å²) >= 11 is 0. The third-order valence-corrected chi connectivity index (χ3v) is 5.87. The highest BCUT2D eigenvalue weighted by Gasteiger charge is 2.37. The summed E-state index contributed by atoms with van der Waals surface area (Å²) in [5.74, 6) is -0.467. The van der Waals surface area contributed by atoms with Crippen LogP contribution in [0.5, 0.6) is 0 Å². The summed E-state index contributed by atoms with van der Waals surface area (Å²) in [6, 6.07) is 7.97. The molecule has 1 fully saturated rings. The van der Waals surface area contributed by atoms with Gasteiger partial charge < -0.3 is 10.1 Å². The number of nitrogens with zero attached hydrogens (tertiary/aromatic N) is 2. The molecule has 1 amide bonds. The van der Waals surface area contributed by atoms with Gasteiger partial charge in [0, 0.05) is 18.8 Å². The van der Waals surface area contributed by atoms with Crippen molar-refractivity contribution in [2.45, 2.75) is 50.3 Å². The normalized spacial score (nSPS) is 21.0. The van der Waals surface area contributed by atoms with Crippen molar-refractivity contribution in [3.05, 3.63) is 47.8 Å². The molecule has 0 saturated carbocycles. The Labute approximate surface area is 165 Å². The molecule has 3 rings (SSSR count). The van der Waals surface area contributed by atoms with Gasteiger partial charge in [0.15, 0.2) is 0 Å². The smallest absolute Gasteiger partial charge is 0.238 e. The number of carbonyl (C=O) groups excluding carboxylic acids is 1. The SMILES string of the molecule is CC(C)n1nccc1[C@H]1OCC[C@@H]1C(=O)N[C@H](C)c1cccc(S(N)(=O)=O)c1. The zero-order valence-electron chi connectivity index (χ0n) is 16.2. The molecular formula is C19H26N4O4S. The van der Waals surface area contributed by atoms with Crippen LogP contribution in [0.25, 0.3) is 0 Å². The van der Waals surface area contributed by atoms with Crippen molar-refractivity contribution < 1.29 is 17.9 Å². The first kappa shape index (κ1) is 20.5. The van der Waals surface area contributed by atoms with E-state index >= 15 is 0 Å². The molecule has 0 spiro atoms. The van der Waals surface area contributed by atoms with Crippen LogP contribution in [-0.4, -0.2) is 30.7 Å². The first-order chi connectivity index (χ1) is 13.2. The molecule has 3 N–H and O–H groups in total. The van der Waals surface area contributed by atoms with Crippen LogP contribution in [0.2, 0.25) is 0 Å². The van der Waals surface area contributed by atoms with E-state index in [1.54, 1.807) is 18.3 Å². The van der Waals surface area contributed by atoms with Gasteiger partial charge in [0.1, 0.15) is 6.10 Å². The van der Waals surface area contributed by atoms with Crippen LogP contribution in [0, 0.1) is 5.92 Å². The number of nitrogens with two attached hydrogens (primary N) is 1. The van der Waals surface area contributed by atoms with Gasteiger partial charge in [0.05, 0.1) is 22.5 Å². The Balaban J connectivity index is 1.76. The number of hydrogen-bond donors (Lipinski definition) is 2. The Kier molecular flexibility index (Phi) is 5.87. The van der Waals surface area contributed by atoms with E-state index in [9.17, 15) is 13.2 Å². The van der Waals surface area contributed by atoms with Gasteiger partial charge in [-0.15, -0.1) is 0 Å². The zero-order chi connectivity index (χ0) is 20.5. The second kappa shape index (κ2) is 8.02. The first-order valence-corrected chi connectivity index (χ1v) is 10.8. The molecule has 1 aromatic carbocycles. The molecule has 0 radical (unpaired) electrons. The number of primary sulfonamides is 1. The minimum Gasteiger partial charge on any atom is -0.371 e. The molecule has 1 aliphatic rings. The fourth-order valence-electron chi connectivity index (χ4n) is 3.50. The number of nitrogens with one attached hydrogen (secondary N) is 1. The van der Waals surface area contributed by atoms with E-state index in [4.69, 9.17) is 9.88 Å². The van der Waals surface area contributed by atoms with Gasteiger partial charge in [0.25, 0.3) is 0 Å². The number of ether oxygens (including phenoxy) is 1. The number of benzene rings is 1. The number of carbonyl (C=O) groups is 1. The summed E-state index contributed by atoms with van der Waals surface area (Å²) in [5.41, 5.74) is 1.55. The molecule has 1 aliphatic heterocycles. The fraction of sp³-hybridized carbons (Fsp3) is 0.474. The minimum absolute atomic E-state index is 0.0222. The van der Waals surface area contributed by atoms with Crippen LogP contribution in [0.4, 0.5) is 0 Å². The Morgan fingerprint density at radius 3 is 2.75 bits per heavy atom. The monoisotopic (exact) mass is 406 g/mol. The number of aromatic nitrogens is 2. The predicted octanol–water partition coefficient (Wildman–Crippen LogP) is 2.07. The topological polar surface area (TPSA) is 116 Å². The maximum absolute atomic E-state index is 12.9. The van der Waals surface area contributed by atoms with E-state index < -0.39 is 10.0 Å². The summed E-state index contributed by atoms with van der Waals surface area (Å²) in [6.07, 6.45) is 1.98. The fourth-order valence-corrected chi connectivity index (χ4v) is 4.06. The Bertz CT molecular complexity index is 954. The van der Waals surface area contributed by atoms with E-state index in [1.807, 2.05) is 31.5 Å². The van der Waals surface area contributed by atoms with E-state index in [2.05, 4.69) is 10.4 Å². The Morgan fingerprint density at radius 1 is 1.32 bits per heavy atom. The average molecular weight is 407 g/mol. The molecule has 1 saturated heterocycles. The van der Waals surface area contributed by atoms with Crippen molar-refractivity contribution >= 4 is 15.9 Å². The lowest BCUT2D eigenvalue weighted by Crippen LogP contribution is -2.34. The van der Waals surface area contributed by atoms with Crippen molar-refractivity contribution in [2.75, 3.05) is 6.61 Å². The molecule has 152 valence electrons. The molecule has 0 bridgehead atoms. The Hall–Kier alpha value is -2.23. The number of sulfonamides is 1. The van der Waals surface area contributed by atoms with Gasteiger partial charge in [0.2, 0.25) is 15.9 Å². The quantitative estimate of drug-likeness (QED) is 0.762. The molecule has 1 aromatic heterocycles. The predicted molar refractivity (Wildman–Crippen MR) is 104 cm³/mol. The molecular weight excluding hydrogens is 380 g/mol. The number of hydrogen-bond acceptors (Lipinski definition) is 5. The second-order valence-corrected chi connectivity index (χ2v) is 8.89. The zero-order valence-corrected chi connectivity index (χ0v) is 17.0. The molecule has 8 nitrogen and oxygen atoms in total. The summed E-state index contributed by atoms with van der Waals surface area (Å²) in [6.45, 7) is 6.37. The van der Waals surface area contributed by atoms with E-state index in [0.717, 1.165) is 5.69 Å². The maximum Gasteiger partial charge on any atom is 0.238 e. The van der Waals surface area contributed by atoms with Crippen LogP contribution in [0.15, 0.2) is 41.4 Å². The lowest BCUT2D eigenvalue weighted by Gasteiger charge is -2.23. The lowest BCUT2D eigenvalue weighted by atomic mass is 9.96. The average Bonchev–Trinajstić information content (AvgIpc) is 3.29. The highest BCUT2D eigenvalue weighted by atomic mass is 32.2. The third kappa shape index (κ3) is 4.26. The van der Waals surface area contributed by atoms with Crippen LogP contribution < -0.4 is 10.5 Å². The molecule has 0 aliphatic carbocycles. The summed E-state index contributed by atoms with van der Waals surface area (Å²) in [4.78, 5) is 13.0. The highest BCUT2D eigenvalue weighted by Crippen LogP contribution is 2.36. The van der Waals surface area contributed by atoms with Crippen LogP contribution in [0.1, 0.15) is 56.6 Å². The van der Waals surface area contributed by atoms with Gasteiger partial charge in [-0.1, -0.05) is 12.1 Å². The molecule has 2 aromatic rings. The number of amides is 1. The molecule has 3 atom stereocenters.